The topological polar surface area (TPSA) is 58.4 Å². The molecule has 6 heteroatoms. The van der Waals surface area contributed by atoms with Crippen LogP contribution in [0, 0.1) is 0 Å². The first-order valence-corrected chi connectivity index (χ1v) is 7.58. The summed E-state index contributed by atoms with van der Waals surface area (Å²) in [6.07, 6.45) is 4.79. The highest BCUT2D eigenvalue weighted by Crippen LogP contribution is 2.32. The van der Waals surface area contributed by atoms with E-state index in [9.17, 15) is 4.79 Å². The van der Waals surface area contributed by atoms with Crippen LogP contribution in [0.25, 0.3) is 0 Å². The standard InChI is InChI=1S/C14H19Cl2N3O/c15-11-7-10(17)8-12(16)14(11)18-13(20)9-19-5-3-1-2-4-6-19/h7-8H,1-6,9,17H2,(H,18,20). The first-order chi connectivity index (χ1) is 9.56. The highest BCUT2D eigenvalue weighted by atomic mass is 35.5. The summed E-state index contributed by atoms with van der Waals surface area (Å²) in [6, 6.07) is 3.16. The molecule has 1 heterocycles. The molecule has 20 heavy (non-hydrogen) atoms. The summed E-state index contributed by atoms with van der Waals surface area (Å²) in [5, 5.41) is 3.49. The number of nitrogens with two attached hydrogens (primary N) is 1. The van der Waals surface area contributed by atoms with Gasteiger partial charge in [-0.2, -0.15) is 0 Å². The van der Waals surface area contributed by atoms with Crippen LogP contribution in [0.3, 0.4) is 0 Å². The molecule has 0 aromatic heterocycles. The van der Waals surface area contributed by atoms with E-state index in [4.69, 9.17) is 28.9 Å². The third-order valence-corrected chi connectivity index (χ3v) is 3.99. The van der Waals surface area contributed by atoms with Gasteiger partial charge in [-0.1, -0.05) is 36.0 Å². The average molecular weight is 316 g/mol. The number of carbonyl (C=O) groups is 1. The van der Waals surface area contributed by atoms with Gasteiger partial charge in [0.15, 0.2) is 0 Å². The number of nitrogens with one attached hydrogen (secondary N) is 1. The Balaban J connectivity index is 1.97. The molecule has 0 atom stereocenters. The first kappa shape index (κ1) is 15.4. The molecule has 0 bridgehead atoms. The minimum absolute atomic E-state index is 0.0968. The van der Waals surface area contributed by atoms with Crippen LogP contribution >= 0.6 is 23.2 Å². The third kappa shape index (κ3) is 4.27. The molecule has 1 amide bonds. The highest BCUT2D eigenvalue weighted by Gasteiger charge is 2.15. The second-order valence-electron chi connectivity index (χ2n) is 5.10. The summed E-state index contributed by atoms with van der Waals surface area (Å²) < 4.78 is 0. The number of carbonyl (C=O) groups excluding carboxylic acids is 1. The molecule has 2 rings (SSSR count). The molecule has 1 fully saturated rings. The number of nitrogen functional groups attached to an aromatic ring is 1. The quantitative estimate of drug-likeness (QED) is 0.840. The molecule has 1 aliphatic rings. The summed E-state index contributed by atoms with van der Waals surface area (Å²) >= 11 is 12.1. The third-order valence-electron chi connectivity index (χ3n) is 3.39. The van der Waals surface area contributed by atoms with Crippen molar-refractivity contribution in [1.29, 1.82) is 0 Å². The fraction of sp³-hybridized carbons (Fsp3) is 0.500. The largest absolute Gasteiger partial charge is 0.399 e. The smallest absolute Gasteiger partial charge is 0.238 e. The summed E-state index contributed by atoms with van der Waals surface area (Å²) in [6.45, 7) is 2.31. The maximum Gasteiger partial charge on any atom is 0.238 e. The highest BCUT2D eigenvalue weighted by molar-refractivity contribution is 6.40. The van der Waals surface area contributed by atoms with Gasteiger partial charge in [-0.15, -0.1) is 0 Å². The number of anilines is 2. The number of amides is 1. The maximum absolute atomic E-state index is 12.1. The second kappa shape index (κ2) is 7.16. The second-order valence-corrected chi connectivity index (χ2v) is 5.91. The number of likely N-dealkylation sites (tertiary alicyclic amines) is 1. The van der Waals surface area contributed by atoms with Crippen molar-refractivity contribution in [2.45, 2.75) is 25.7 Å². The normalized spacial score (nSPS) is 16.7. The SMILES string of the molecule is Nc1cc(Cl)c(NC(=O)CN2CCCCCC2)c(Cl)c1. The molecule has 0 saturated carbocycles. The fourth-order valence-electron chi connectivity index (χ4n) is 2.39. The predicted molar refractivity (Wildman–Crippen MR) is 84.4 cm³/mol. The van der Waals surface area contributed by atoms with E-state index in [-0.39, 0.29) is 5.91 Å². The van der Waals surface area contributed by atoms with Gasteiger partial charge >= 0.3 is 0 Å². The minimum atomic E-state index is -0.0968. The van der Waals surface area contributed by atoms with Crippen LogP contribution < -0.4 is 11.1 Å². The van der Waals surface area contributed by atoms with Crippen LogP contribution in [-0.2, 0) is 4.79 Å². The predicted octanol–water partition coefficient (Wildman–Crippen LogP) is 3.39. The van der Waals surface area contributed by atoms with Gasteiger partial charge in [-0.3, -0.25) is 9.69 Å². The lowest BCUT2D eigenvalue weighted by Crippen LogP contribution is -2.34. The van der Waals surface area contributed by atoms with E-state index in [0.29, 0.717) is 28.0 Å². The lowest BCUT2D eigenvalue weighted by Gasteiger charge is -2.19. The molecule has 1 aromatic carbocycles. The Labute approximate surface area is 129 Å². The molecular weight excluding hydrogens is 297 g/mol. The summed E-state index contributed by atoms with van der Waals surface area (Å²) in [5.41, 5.74) is 6.55. The van der Waals surface area contributed by atoms with Crippen LogP contribution in [0.5, 0.6) is 0 Å². The van der Waals surface area contributed by atoms with Gasteiger partial charge in [0.2, 0.25) is 5.91 Å². The van der Waals surface area contributed by atoms with Gasteiger partial charge in [0.25, 0.3) is 0 Å². The molecule has 1 aliphatic heterocycles. The van der Waals surface area contributed by atoms with E-state index in [1.54, 1.807) is 12.1 Å². The van der Waals surface area contributed by atoms with Crippen LogP contribution in [-0.4, -0.2) is 30.4 Å². The van der Waals surface area contributed by atoms with Crippen molar-refractivity contribution >= 4 is 40.5 Å². The zero-order valence-corrected chi connectivity index (χ0v) is 12.8. The Morgan fingerprint density at radius 3 is 2.25 bits per heavy atom. The molecule has 4 nitrogen and oxygen atoms in total. The van der Waals surface area contributed by atoms with E-state index in [1.165, 1.54) is 12.8 Å². The van der Waals surface area contributed by atoms with Crippen LogP contribution in [0.1, 0.15) is 25.7 Å². The molecule has 1 saturated heterocycles. The molecular formula is C14H19Cl2N3O. The minimum Gasteiger partial charge on any atom is -0.399 e. The van der Waals surface area contributed by atoms with Crippen molar-refractivity contribution in [3.63, 3.8) is 0 Å². The van der Waals surface area contributed by atoms with Gasteiger partial charge in [0.1, 0.15) is 0 Å². The number of halogens is 2. The van der Waals surface area contributed by atoms with E-state index in [2.05, 4.69) is 10.2 Å². The van der Waals surface area contributed by atoms with Crippen LogP contribution in [0.2, 0.25) is 10.0 Å². The lowest BCUT2D eigenvalue weighted by molar-refractivity contribution is -0.117. The Morgan fingerprint density at radius 2 is 1.70 bits per heavy atom. The van der Waals surface area contributed by atoms with Gasteiger partial charge < -0.3 is 11.1 Å². The van der Waals surface area contributed by atoms with Gasteiger partial charge in [-0.25, -0.2) is 0 Å². The van der Waals surface area contributed by atoms with E-state index < -0.39 is 0 Å². The molecule has 0 spiro atoms. The summed E-state index contributed by atoms with van der Waals surface area (Å²) in [4.78, 5) is 14.2. The van der Waals surface area contributed by atoms with Crippen molar-refractivity contribution in [2.75, 3.05) is 30.7 Å². The first-order valence-electron chi connectivity index (χ1n) is 6.83. The zero-order valence-electron chi connectivity index (χ0n) is 11.3. The van der Waals surface area contributed by atoms with Crippen molar-refractivity contribution < 1.29 is 4.79 Å². The molecule has 0 unspecified atom stereocenters. The Morgan fingerprint density at radius 1 is 1.15 bits per heavy atom. The molecule has 0 radical (unpaired) electrons. The molecule has 1 aromatic rings. The monoisotopic (exact) mass is 315 g/mol. The number of rotatable bonds is 3. The fourth-order valence-corrected chi connectivity index (χ4v) is 2.99. The summed E-state index contributed by atoms with van der Waals surface area (Å²) in [7, 11) is 0. The Kier molecular flexibility index (Phi) is 5.52. The zero-order chi connectivity index (χ0) is 14.5. The molecule has 110 valence electrons. The van der Waals surface area contributed by atoms with Crippen molar-refractivity contribution in [1.82, 2.24) is 4.90 Å². The lowest BCUT2D eigenvalue weighted by atomic mass is 10.2. The molecule has 3 N–H and O–H groups in total. The van der Waals surface area contributed by atoms with Gasteiger partial charge in [0, 0.05) is 5.69 Å². The number of hydrogen-bond acceptors (Lipinski definition) is 3. The van der Waals surface area contributed by atoms with E-state index in [1.807, 2.05) is 0 Å². The number of benzene rings is 1. The van der Waals surface area contributed by atoms with Gasteiger partial charge in [0.05, 0.1) is 22.3 Å². The van der Waals surface area contributed by atoms with Gasteiger partial charge in [-0.05, 0) is 38.1 Å². The van der Waals surface area contributed by atoms with Crippen LogP contribution in [0.4, 0.5) is 11.4 Å². The summed E-state index contributed by atoms with van der Waals surface area (Å²) in [5.74, 6) is -0.0968. The number of hydrogen-bond donors (Lipinski definition) is 2. The molecule has 0 aliphatic carbocycles. The Bertz CT molecular complexity index is 462. The van der Waals surface area contributed by atoms with E-state index in [0.717, 1.165) is 25.9 Å². The average Bonchev–Trinajstić information content (AvgIpc) is 2.62. The van der Waals surface area contributed by atoms with E-state index >= 15 is 0 Å². The van der Waals surface area contributed by atoms with Crippen LogP contribution in [0.15, 0.2) is 12.1 Å². The van der Waals surface area contributed by atoms with Crippen molar-refractivity contribution in [3.05, 3.63) is 22.2 Å². The Hall–Kier alpha value is -0.970. The van der Waals surface area contributed by atoms with Crippen molar-refractivity contribution in [2.24, 2.45) is 0 Å². The number of nitrogens with zero attached hydrogens (tertiary/aromatic N) is 1. The maximum atomic E-state index is 12.1. The van der Waals surface area contributed by atoms with Crippen molar-refractivity contribution in [3.8, 4) is 0 Å².